The van der Waals surface area contributed by atoms with Gasteiger partial charge >= 0.3 is 0 Å². The Bertz CT molecular complexity index is 356. The number of phenolic OH excluding ortho intramolecular Hbond substituents is 1. The van der Waals surface area contributed by atoms with E-state index in [1.807, 2.05) is 6.07 Å². The Kier molecular flexibility index (Phi) is 3.29. The number of rotatable bonds is 3. The van der Waals surface area contributed by atoms with Crippen molar-refractivity contribution in [2.24, 2.45) is 0 Å². The number of hydrogen-bond donors (Lipinski definition) is 1. The van der Waals surface area contributed by atoms with E-state index in [2.05, 4.69) is 19.6 Å². The Morgan fingerprint density at radius 1 is 1.00 bits per heavy atom. The molecule has 0 bridgehead atoms. The molecule has 3 nitrogen and oxygen atoms in total. The highest BCUT2D eigenvalue weighted by atomic mass is 28.3. The minimum absolute atomic E-state index is 0.298. The molecule has 84 valence electrons. The van der Waals surface area contributed by atoms with Gasteiger partial charge in [-0.15, -0.1) is 0 Å². The van der Waals surface area contributed by atoms with Gasteiger partial charge in [-0.05, 0) is 11.3 Å². The summed E-state index contributed by atoms with van der Waals surface area (Å²) in [4.78, 5) is 0. The fourth-order valence-corrected chi connectivity index (χ4v) is 2.87. The van der Waals surface area contributed by atoms with Gasteiger partial charge in [0.15, 0.2) is 11.5 Å². The number of benzene rings is 1. The van der Waals surface area contributed by atoms with Gasteiger partial charge in [-0.2, -0.15) is 0 Å². The van der Waals surface area contributed by atoms with Crippen LogP contribution in [0.3, 0.4) is 0 Å². The minimum atomic E-state index is -1.55. The molecule has 0 saturated heterocycles. The molecule has 0 heterocycles. The number of hydrogen-bond acceptors (Lipinski definition) is 3. The Balaban J connectivity index is 3.32. The smallest absolute Gasteiger partial charge is 0.164 e. The van der Waals surface area contributed by atoms with E-state index in [-0.39, 0.29) is 0 Å². The lowest BCUT2D eigenvalue weighted by atomic mass is 10.3. The number of phenols is 1. The fraction of sp³-hybridized carbons (Fsp3) is 0.455. The van der Waals surface area contributed by atoms with E-state index in [1.165, 1.54) is 0 Å². The van der Waals surface area contributed by atoms with Crippen molar-refractivity contribution in [2.45, 2.75) is 19.6 Å². The number of methoxy groups -OCH3 is 2. The molecule has 4 heteroatoms. The van der Waals surface area contributed by atoms with Crippen LogP contribution in [0.4, 0.5) is 0 Å². The molecule has 0 atom stereocenters. The zero-order valence-corrected chi connectivity index (χ0v) is 10.9. The Morgan fingerprint density at radius 3 is 1.87 bits per heavy atom. The second kappa shape index (κ2) is 4.14. The normalized spacial score (nSPS) is 11.3. The molecule has 0 aliphatic heterocycles. The summed E-state index contributed by atoms with van der Waals surface area (Å²) >= 11 is 0. The molecule has 0 radical (unpaired) electrons. The van der Waals surface area contributed by atoms with Crippen LogP contribution in [0, 0.1) is 0 Å². The first-order chi connectivity index (χ1) is 6.90. The second-order valence-electron chi connectivity index (χ2n) is 4.47. The summed E-state index contributed by atoms with van der Waals surface area (Å²) in [5, 5.41) is 10.9. The monoisotopic (exact) mass is 226 g/mol. The summed E-state index contributed by atoms with van der Waals surface area (Å²) in [5.74, 6) is 1.54. The molecular weight excluding hydrogens is 208 g/mol. The lowest BCUT2D eigenvalue weighted by Crippen LogP contribution is -2.37. The third-order valence-corrected chi connectivity index (χ3v) is 4.33. The van der Waals surface area contributed by atoms with Crippen molar-refractivity contribution < 1.29 is 14.6 Å². The highest BCUT2D eigenvalue weighted by Gasteiger charge is 2.22. The zero-order chi connectivity index (χ0) is 11.6. The largest absolute Gasteiger partial charge is 0.508 e. The van der Waals surface area contributed by atoms with Crippen molar-refractivity contribution in [1.82, 2.24) is 0 Å². The van der Waals surface area contributed by atoms with Crippen molar-refractivity contribution >= 4 is 13.3 Å². The van der Waals surface area contributed by atoms with Crippen LogP contribution in [0.5, 0.6) is 17.2 Å². The Labute approximate surface area is 91.7 Å². The van der Waals surface area contributed by atoms with Crippen molar-refractivity contribution in [2.75, 3.05) is 14.2 Å². The van der Waals surface area contributed by atoms with Crippen LogP contribution in [-0.4, -0.2) is 27.4 Å². The molecule has 0 aliphatic rings. The van der Waals surface area contributed by atoms with E-state index < -0.39 is 8.07 Å². The molecule has 0 fully saturated rings. The average Bonchev–Trinajstić information content (AvgIpc) is 2.15. The Morgan fingerprint density at radius 2 is 1.47 bits per heavy atom. The third kappa shape index (κ3) is 2.44. The molecular formula is C11H18O3Si. The predicted octanol–water partition coefficient (Wildman–Crippen LogP) is 1.95. The maximum absolute atomic E-state index is 9.88. The molecule has 0 amide bonds. The lowest BCUT2D eigenvalue weighted by molar-refractivity contribution is 0.352. The number of aromatic hydroxyl groups is 1. The standard InChI is InChI=1S/C11H18O3Si/c1-13-9-6-8(12)11(15(3,4)5)7-10(9)14-2/h6-7,12H,1-5H3. The van der Waals surface area contributed by atoms with Crippen LogP contribution < -0.4 is 14.7 Å². The van der Waals surface area contributed by atoms with E-state index in [9.17, 15) is 5.11 Å². The van der Waals surface area contributed by atoms with Gasteiger partial charge in [0.1, 0.15) is 5.75 Å². The van der Waals surface area contributed by atoms with E-state index >= 15 is 0 Å². The summed E-state index contributed by atoms with van der Waals surface area (Å²) in [7, 11) is 1.61. The van der Waals surface area contributed by atoms with Gasteiger partial charge in [-0.25, -0.2) is 0 Å². The first-order valence-electron chi connectivity index (χ1n) is 4.85. The molecule has 0 saturated carbocycles. The maximum atomic E-state index is 9.88. The SMILES string of the molecule is COc1cc(O)c([Si](C)(C)C)cc1OC. The average molecular weight is 226 g/mol. The van der Waals surface area contributed by atoms with Crippen LogP contribution in [0.1, 0.15) is 0 Å². The molecule has 1 aromatic carbocycles. The summed E-state index contributed by atoms with van der Waals surface area (Å²) < 4.78 is 10.3. The van der Waals surface area contributed by atoms with E-state index in [4.69, 9.17) is 9.47 Å². The zero-order valence-electron chi connectivity index (χ0n) is 9.92. The topological polar surface area (TPSA) is 38.7 Å². The maximum Gasteiger partial charge on any atom is 0.164 e. The van der Waals surface area contributed by atoms with Crippen LogP contribution in [0.15, 0.2) is 12.1 Å². The molecule has 1 aromatic rings. The second-order valence-corrected chi connectivity index (χ2v) is 9.51. The number of ether oxygens (including phenoxy) is 2. The van der Waals surface area contributed by atoms with Gasteiger partial charge in [0.05, 0.1) is 22.3 Å². The molecule has 1 rings (SSSR count). The van der Waals surface area contributed by atoms with Gasteiger partial charge < -0.3 is 14.6 Å². The van der Waals surface area contributed by atoms with E-state index in [0.29, 0.717) is 17.2 Å². The molecule has 1 N–H and O–H groups in total. The van der Waals surface area contributed by atoms with E-state index in [1.54, 1.807) is 20.3 Å². The highest BCUT2D eigenvalue weighted by Crippen LogP contribution is 2.30. The van der Waals surface area contributed by atoms with Crippen molar-refractivity contribution in [1.29, 1.82) is 0 Å². The lowest BCUT2D eigenvalue weighted by Gasteiger charge is -2.20. The van der Waals surface area contributed by atoms with Crippen LogP contribution in [-0.2, 0) is 0 Å². The molecule has 0 spiro atoms. The summed E-state index contributed by atoms with van der Waals surface area (Å²) in [5.41, 5.74) is 0. The fourth-order valence-electron chi connectivity index (χ4n) is 1.47. The van der Waals surface area contributed by atoms with Crippen molar-refractivity contribution in [3.63, 3.8) is 0 Å². The van der Waals surface area contributed by atoms with Gasteiger partial charge in [0.2, 0.25) is 0 Å². The van der Waals surface area contributed by atoms with Crippen LogP contribution in [0.2, 0.25) is 19.6 Å². The van der Waals surface area contributed by atoms with E-state index in [0.717, 1.165) is 5.19 Å². The first kappa shape index (κ1) is 11.9. The van der Waals surface area contributed by atoms with Crippen LogP contribution >= 0.6 is 0 Å². The quantitative estimate of drug-likeness (QED) is 0.801. The molecule has 0 unspecified atom stereocenters. The third-order valence-electron chi connectivity index (χ3n) is 2.31. The van der Waals surface area contributed by atoms with Gasteiger partial charge in [-0.1, -0.05) is 19.6 Å². The van der Waals surface area contributed by atoms with Crippen LogP contribution in [0.25, 0.3) is 0 Å². The molecule has 0 aliphatic carbocycles. The Hall–Kier alpha value is -1.16. The molecule has 0 aromatic heterocycles. The van der Waals surface area contributed by atoms with Crippen molar-refractivity contribution in [3.8, 4) is 17.2 Å². The first-order valence-corrected chi connectivity index (χ1v) is 8.35. The summed E-state index contributed by atoms with van der Waals surface area (Å²) in [6.45, 7) is 6.52. The molecule has 15 heavy (non-hydrogen) atoms. The minimum Gasteiger partial charge on any atom is -0.508 e. The van der Waals surface area contributed by atoms with Gasteiger partial charge in [-0.3, -0.25) is 0 Å². The van der Waals surface area contributed by atoms with Crippen molar-refractivity contribution in [3.05, 3.63) is 12.1 Å². The predicted molar refractivity (Wildman–Crippen MR) is 64.2 cm³/mol. The summed E-state index contributed by atoms with van der Waals surface area (Å²) in [6, 6.07) is 3.49. The van der Waals surface area contributed by atoms with Gasteiger partial charge in [0, 0.05) is 6.07 Å². The van der Waals surface area contributed by atoms with Gasteiger partial charge in [0.25, 0.3) is 0 Å². The highest BCUT2D eigenvalue weighted by molar-refractivity contribution is 6.89. The summed E-state index contributed by atoms with van der Waals surface area (Å²) in [6.07, 6.45) is 0.